The molecule has 2 aromatic heterocycles. The highest BCUT2D eigenvalue weighted by atomic mass is 19.1. The van der Waals surface area contributed by atoms with E-state index in [9.17, 15) is 9.18 Å². The second-order valence-corrected chi connectivity index (χ2v) is 4.95. The van der Waals surface area contributed by atoms with Crippen LogP contribution < -0.4 is 5.32 Å². The van der Waals surface area contributed by atoms with Crippen molar-refractivity contribution in [3.63, 3.8) is 0 Å². The molecule has 0 saturated heterocycles. The van der Waals surface area contributed by atoms with Crippen LogP contribution in [0.5, 0.6) is 0 Å². The van der Waals surface area contributed by atoms with Crippen LogP contribution in [0.1, 0.15) is 16.1 Å². The van der Waals surface area contributed by atoms with E-state index in [-0.39, 0.29) is 17.4 Å². The van der Waals surface area contributed by atoms with Gasteiger partial charge in [-0.25, -0.2) is 4.39 Å². The summed E-state index contributed by atoms with van der Waals surface area (Å²) in [6, 6.07) is 11.2. The molecule has 0 unspecified atom stereocenters. The van der Waals surface area contributed by atoms with E-state index in [4.69, 9.17) is 4.52 Å². The summed E-state index contributed by atoms with van der Waals surface area (Å²) >= 11 is 0. The maximum absolute atomic E-state index is 13.2. The predicted octanol–water partition coefficient (Wildman–Crippen LogP) is 2.85. The summed E-state index contributed by atoms with van der Waals surface area (Å²) < 4.78 is 18.3. The van der Waals surface area contributed by atoms with E-state index in [2.05, 4.69) is 15.5 Å². The van der Waals surface area contributed by atoms with Gasteiger partial charge in [-0.3, -0.25) is 9.78 Å². The van der Waals surface area contributed by atoms with Crippen molar-refractivity contribution >= 4 is 5.91 Å². The van der Waals surface area contributed by atoms with E-state index >= 15 is 0 Å². The Labute approximate surface area is 132 Å². The van der Waals surface area contributed by atoms with Gasteiger partial charge in [-0.15, -0.1) is 0 Å². The molecule has 1 amide bonds. The standard InChI is InChI=1S/C17H14FN3O2/c18-14-5-1-4-13(9-14)16-10-15(21-23-16)17(22)20-8-6-12-3-2-7-19-11-12/h1-5,7,9-11H,6,8H2,(H,20,22). The Bertz CT molecular complexity index is 802. The van der Waals surface area contributed by atoms with E-state index in [0.717, 1.165) is 5.56 Å². The van der Waals surface area contributed by atoms with Crippen molar-refractivity contribution in [1.29, 1.82) is 0 Å². The summed E-state index contributed by atoms with van der Waals surface area (Å²) in [6.07, 6.45) is 4.13. The fourth-order valence-electron chi connectivity index (χ4n) is 2.12. The molecule has 6 heteroatoms. The van der Waals surface area contributed by atoms with Crippen LogP contribution in [0.25, 0.3) is 11.3 Å². The second kappa shape index (κ2) is 6.83. The summed E-state index contributed by atoms with van der Waals surface area (Å²) in [5.74, 6) is -0.358. The maximum Gasteiger partial charge on any atom is 0.273 e. The maximum atomic E-state index is 13.2. The van der Waals surface area contributed by atoms with Crippen LogP contribution in [0.2, 0.25) is 0 Å². The fourth-order valence-corrected chi connectivity index (χ4v) is 2.12. The molecule has 2 heterocycles. The normalized spacial score (nSPS) is 10.5. The lowest BCUT2D eigenvalue weighted by atomic mass is 10.1. The Morgan fingerprint density at radius 3 is 2.91 bits per heavy atom. The number of hydrogen-bond donors (Lipinski definition) is 1. The molecule has 5 nitrogen and oxygen atoms in total. The van der Waals surface area contributed by atoms with Crippen LogP contribution in [0.3, 0.4) is 0 Å². The third-order valence-corrected chi connectivity index (χ3v) is 3.27. The lowest BCUT2D eigenvalue weighted by Crippen LogP contribution is -2.25. The average Bonchev–Trinajstić information content (AvgIpc) is 3.06. The molecule has 0 aliphatic carbocycles. The van der Waals surface area contributed by atoms with Crippen molar-refractivity contribution < 1.29 is 13.7 Å². The fraction of sp³-hybridized carbons (Fsp3) is 0.118. The minimum absolute atomic E-state index is 0.162. The number of nitrogens with zero attached hydrogens (tertiary/aromatic N) is 2. The van der Waals surface area contributed by atoms with Crippen molar-refractivity contribution in [1.82, 2.24) is 15.5 Å². The van der Waals surface area contributed by atoms with Gasteiger partial charge in [0.15, 0.2) is 11.5 Å². The molecule has 1 aromatic carbocycles. The Morgan fingerprint density at radius 1 is 1.22 bits per heavy atom. The quantitative estimate of drug-likeness (QED) is 0.786. The highest BCUT2D eigenvalue weighted by Gasteiger charge is 2.13. The van der Waals surface area contributed by atoms with Crippen LogP contribution in [-0.2, 0) is 6.42 Å². The minimum Gasteiger partial charge on any atom is -0.355 e. The topological polar surface area (TPSA) is 68.0 Å². The molecule has 1 N–H and O–H groups in total. The highest BCUT2D eigenvalue weighted by molar-refractivity contribution is 5.93. The van der Waals surface area contributed by atoms with Gasteiger partial charge in [0.2, 0.25) is 0 Å². The SMILES string of the molecule is O=C(NCCc1cccnc1)c1cc(-c2cccc(F)c2)on1. The predicted molar refractivity (Wildman–Crippen MR) is 82.2 cm³/mol. The zero-order chi connectivity index (χ0) is 16.1. The first-order chi connectivity index (χ1) is 11.2. The number of benzene rings is 1. The Balaban J connectivity index is 1.60. The summed E-state index contributed by atoms with van der Waals surface area (Å²) in [5.41, 5.74) is 1.73. The molecule has 0 atom stereocenters. The van der Waals surface area contributed by atoms with Crippen LogP contribution in [0.4, 0.5) is 4.39 Å². The zero-order valence-electron chi connectivity index (χ0n) is 12.2. The van der Waals surface area contributed by atoms with E-state index < -0.39 is 0 Å². The summed E-state index contributed by atoms with van der Waals surface area (Å²) in [5, 5.41) is 6.49. The van der Waals surface area contributed by atoms with E-state index in [1.165, 1.54) is 18.2 Å². The van der Waals surface area contributed by atoms with Gasteiger partial charge >= 0.3 is 0 Å². The molecule has 0 aliphatic rings. The first-order valence-electron chi connectivity index (χ1n) is 7.12. The Morgan fingerprint density at radius 2 is 2.13 bits per heavy atom. The number of rotatable bonds is 5. The highest BCUT2D eigenvalue weighted by Crippen LogP contribution is 2.20. The molecular weight excluding hydrogens is 297 g/mol. The van der Waals surface area contributed by atoms with E-state index in [1.807, 2.05) is 12.1 Å². The number of hydrogen-bond acceptors (Lipinski definition) is 4. The molecule has 3 rings (SSSR count). The van der Waals surface area contributed by atoms with Gasteiger partial charge in [0.25, 0.3) is 5.91 Å². The first kappa shape index (κ1) is 14.9. The lowest BCUT2D eigenvalue weighted by molar-refractivity contribution is 0.0945. The largest absolute Gasteiger partial charge is 0.355 e. The van der Waals surface area contributed by atoms with Gasteiger partial charge in [-0.05, 0) is 30.2 Å². The van der Waals surface area contributed by atoms with Gasteiger partial charge in [0, 0.05) is 30.6 Å². The molecule has 23 heavy (non-hydrogen) atoms. The third kappa shape index (κ3) is 3.79. The second-order valence-electron chi connectivity index (χ2n) is 4.95. The van der Waals surface area contributed by atoms with Crippen LogP contribution in [-0.4, -0.2) is 22.6 Å². The number of carbonyl (C=O) groups excluding carboxylic acids is 1. The van der Waals surface area contributed by atoms with E-state index in [0.29, 0.717) is 24.3 Å². The molecule has 0 radical (unpaired) electrons. The summed E-state index contributed by atoms with van der Waals surface area (Å²) in [4.78, 5) is 16.0. The Hall–Kier alpha value is -3.02. The van der Waals surface area contributed by atoms with Crippen molar-refractivity contribution in [2.24, 2.45) is 0 Å². The van der Waals surface area contributed by atoms with Gasteiger partial charge < -0.3 is 9.84 Å². The van der Waals surface area contributed by atoms with Crippen LogP contribution in [0.15, 0.2) is 59.4 Å². The smallest absolute Gasteiger partial charge is 0.273 e. The average molecular weight is 311 g/mol. The van der Waals surface area contributed by atoms with Crippen molar-refractivity contribution in [3.05, 3.63) is 71.9 Å². The van der Waals surface area contributed by atoms with Crippen molar-refractivity contribution in [2.45, 2.75) is 6.42 Å². The van der Waals surface area contributed by atoms with Gasteiger partial charge in [-0.2, -0.15) is 0 Å². The van der Waals surface area contributed by atoms with Gasteiger partial charge in [0.05, 0.1) is 0 Å². The van der Waals surface area contributed by atoms with Crippen LogP contribution in [0, 0.1) is 5.82 Å². The van der Waals surface area contributed by atoms with Crippen molar-refractivity contribution in [2.75, 3.05) is 6.54 Å². The summed E-state index contributed by atoms with van der Waals surface area (Å²) in [7, 11) is 0. The van der Waals surface area contributed by atoms with Crippen LogP contribution >= 0.6 is 0 Å². The molecule has 0 fully saturated rings. The molecule has 0 bridgehead atoms. The third-order valence-electron chi connectivity index (χ3n) is 3.27. The number of amides is 1. The number of aromatic nitrogens is 2. The number of pyridine rings is 1. The summed E-state index contributed by atoms with van der Waals surface area (Å²) in [6.45, 7) is 0.465. The number of nitrogens with one attached hydrogen (secondary N) is 1. The molecule has 0 aliphatic heterocycles. The lowest BCUT2D eigenvalue weighted by Gasteiger charge is -2.02. The molecule has 0 saturated carbocycles. The van der Waals surface area contributed by atoms with Gasteiger partial charge in [0.1, 0.15) is 5.82 Å². The number of carbonyl (C=O) groups is 1. The monoisotopic (exact) mass is 311 g/mol. The molecule has 3 aromatic rings. The Kier molecular flexibility index (Phi) is 4.42. The number of halogens is 1. The molecular formula is C17H14FN3O2. The van der Waals surface area contributed by atoms with Gasteiger partial charge in [-0.1, -0.05) is 23.4 Å². The van der Waals surface area contributed by atoms with Crippen molar-refractivity contribution in [3.8, 4) is 11.3 Å². The minimum atomic E-state index is -0.374. The first-order valence-corrected chi connectivity index (χ1v) is 7.12. The van der Waals surface area contributed by atoms with E-state index in [1.54, 1.807) is 24.5 Å². The zero-order valence-corrected chi connectivity index (χ0v) is 12.2. The molecule has 0 spiro atoms. The molecule has 116 valence electrons.